The van der Waals surface area contributed by atoms with E-state index < -0.39 is 44.8 Å². The second-order valence-electron chi connectivity index (χ2n) is 3.56. The molecule has 0 aromatic carbocycles. The second kappa shape index (κ2) is 6.84. The molecule has 1 rings (SSSR count). The van der Waals surface area contributed by atoms with Crippen molar-refractivity contribution in [2.75, 3.05) is 13.2 Å². The van der Waals surface area contributed by atoms with Gasteiger partial charge in [0, 0.05) is 0 Å². The topological polar surface area (TPSA) is 127 Å². The van der Waals surface area contributed by atoms with Crippen LogP contribution in [0.15, 0.2) is 0 Å². The van der Waals surface area contributed by atoms with E-state index in [1.165, 1.54) is 13.8 Å². The highest BCUT2D eigenvalue weighted by Gasteiger charge is 2.34. The van der Waals surface area contributed by atoms with Crippen molar-refractivity contribution in [3.63, 3.8) is 0 Å². The van der Waals surface area contributed by atoms with Crippen LogP contribution in [0.25, 0.3) is 0 Å². The number of rotatable bonds is 6. The standard InChI is InChI=1S/C12H12O8S/c1-3-19-11(17)7-5(9(13)14)6(10(15)16)8(21-7)12(18)20-4-2/h3-4H2,1-2H3,(H,13,14)(H,15,16). The smallest absolute Gasteiger partial charge is 0.349 e. The summed E-state index contributed by atoms with van der Waals surface area (Å²) in [6, 6.07) is 0. The number of esters is 2. The van der Waals surface area contributed by atoms with Crippen molar-refractivity contribution < 1.29 is 38.9 Å². The summed E-state index contributed by atoms with van der Waals surface area (Å²) in [4.78, 5) is 45.0. The lowest BCUT2D eigenvalue weighted by Crippen LogP contribution is -2.14. The fraction of sp³-hybridized carbons (Fsp3) is 0.333. The highest BCUT2D eigenvalue weighted by atomic mass is 32.1. The number of hydrogen-bond donors (Lipinski definition) is 2. The van der Waals surface area contributed by atoms with Crippen LogP contribution in [0.1, 0.15) is 53.9 Å². The van der Waals surface area contributed by atoms with Gasteiger partial charge in [-0.25, -0.2) is 19.2 Å². The summed E-state index contributed by atoms with van der Waals surface area (Å²) in [5.74, 6) is -5.28. The number of ether oxygens (including phenoxy) is 2. The maximum atomic E-state index is 11.7. The summed E-state index contributed by atoms with van der Waals surface area (Å²) in [7, 11) is 0. The number of carbonyl (C=O) groups excluding carboxylic acids is 2. The first-order valence-electron chi connectivity index (χ1n) is 5.82. The summed E-state index contributed by atoms with van der Waals surface area (Å²) in [5.41, 5.74) is -1.54. The van der Waals surface area contributed by atoms with Gasteiger partial charge >= 0.3 is 23.9 Å². The molecule has 21 heavy (non-hydrogen) atoms. The summed E-state index contributed by atoms with van der Waals surface area (Å²) in [6.07, 6.45) is 0. The molecule has 8 nitrogen and oxygen atoms in total. The molecule has 0 saturated heterocycles. The highest BCUT2D eigenvalue weighted by molar-refractivity contribution is 7.16. The Bertz CT molecular complexity index is 550. The van der Waals surface area contributed by atoms with E-state index >= 15 is 0 Å². The van der Waals surface area contributed by atoms with Gasteiger partial charge in [0.05, 0.1) is 13.2 Å². The van der Waals surface area contributed by atoms with E-state index in [1.807, 2.05) is 0 Å². The van der Waals surface area contributed by atoms with E-state index in [9.17, 15) is 19.2 Å². The lowest BCUT2D eigenvalue weighted by atomic mass is 10.1. The van der Waals surface area contributed by atoms with Crippen LogP contribution in [0, 0.1) is 0 Å². The molecule has 0 amide bonds. The van der Waals surface area contributed by atoms with Crippen LogP contribution >= 0.6 is 11.3 Å². The number of thiophene rings is 1. The van der Waals surface area contributed by atoms with Gasteiger partial charge in [-0.3, -0.25) is 0 Å². The number of carbonyl (C=O) groups is 4. The zero-order valence-electron chi connectivity index (χ0n) is 11.2. The van der Waals surface area contributed by atoms with Crippen LogP contribution in [-0.4, -0.2) is 47.3 Å². The molecule has 0 aliphatic heterocycles. The number of aromatic carboxylic acids is 2. The lowest BCUT2D eigenvalue weighted by Gasteiger charge is -2.01. The van der Waals surface area contributed by atoms with E-state index in [2.05, 4.69) is 9.47 Å². The monoisotopic (exact) mass is 316 g/mol. The summed E-state index contributed by atoms with van der Waals surface area (Å²) >= 11 is 0.428. The molecule has 0 unspecified atom stereocenters. The van der Waals surface area contributed by atoms with Crippen molar-refractivity contribution in [3.8, 4) is 0 Å². The molecule has 0 aliphatic carbocycles. The quantitative estimate of drug-likeness (QED) is 0.756. The molecule has 0 aliphatic rings. The largest absolute Gasteiger partial charge is 0.478 e. The fourth-order valence-corrected chi connectivity index (χ4v) is 2.59. The van der Waals surface area contributed by atoms with Crippen LogP contribution in [0.4, 0.5) is 0 Å². The van der Waals surface area contributed by atoms with Gasteiger partial charge in [0.15, 0.2) is 0 Å². The first-order chi connectivity index (χ1) is 9.84. The fourth-order valence-electron chi connectivity index (χ4n) is 1.52. The molecule has 114 valence electrons. The Kier molecular flexibility index (Phi) is 5.42. The van der Waals surface area contributed by atoms with E-state index in [0.717, 1.165) is 0 Å². The molecular formula is C12H12O8S. The summed E-state index contributed by atoms with van der Waals surface area (Å²) in [5, 5.41) is 18.2. The number of hydrogen-bond acceptors (Lipinski definition) is 7. The zero-order chi connectivity index (χ0) is 16.2. The van der Waals surface area contributed by atoms with Crippen LogP contribution < -0.4 is 0 Å². The Morgan fingerprint density at radius 1 is 0.857 bits per heavy atom. The first-order valence-corrected chi connectivity index (χ1v) is 6.64. The minimum absolute atomic E-state index is 0.0209. The zero-order valence-corrected chi connectivity index (χ0v) is 12.0. The molecule has 0 spiro atoms. The third kappa shape index (κ3) is 3.37. The van der Waals surface area contributed by atoms with Crippen molar-refractivity contribution in [2.45, 2.75) is 13.8 Å². The third-order valence-corrected chi connectivity index (χ3v) is 3.41. The number of carboxylic acid groups (broad SMARTS) is 2. The molecule has 1 aromatic rings. The van der Waals surface area contributed by atoms with Crippen molar-refractivity contribution in [3.05, 3.63) is 20.9 Å². The predicted molar refractivity (Wildman–Crippen MR) is 70.2 cm³/mol. The SMILES string of the molecule is CCOC(=O)c1sc(C(=O)OCC)c(C(=O)O)c1C(=O)O. The first kappa shape index (κ1) is 16.6. The maximum Gasteiger partial charge on any atom is 0.349 e. The van der Waals surface area contributed by atoms with Gasteiger partial charge in [-0.2, -0.15) is 0 Å². The molecule has 0 saturated carbocycles. The minimum atomic E-state index is -1.64. The van der Waals surface area contributed by atoms with Crippen LogP contribution in [0.3, 0.4) is 0 Å². The molecule has 0 atom stereocenters. The molecule has 9 heteroatoms. The van der Waals surface area contributed by atoms with Gasteiger partial charge in [0.25, 0.3) is 0 Å². The Morgan fingerprint density at radius 2 is 1.19 bits per heavy atom. The van der Waals surface area contributed by atoms with Crippen molar-refractivity contribution in [1.29, 1.82) is 0 Å². The Labute approximate surface area is 122 Å². The van der Waals surface area contributed by atoms with Gasteiger partial charge in [-0.05, 0) is 13.8 Å². The number of carboxylic acids is 2. The summed E-state index contributed by atoms with van der Waals surface area (Å²) in [6.45, 7) is 2.98. The van der Waals surface area contributed by atoms with E-state index in [0.29, 0.717) is 11.3 Å². The van der Waals surface area contributed by atoms with E-state index in [4.69, 9.17) is 10.2 Å². The normalized spacial score (nSPS) is 10.0. The van der Waals surface area contributed by atoms with Gasteiger partial charge in [-0.1, -0.05) is 0 Å². The van der Waals surface area contributed by atoms with Gasteiger partial charge in [-0.15, -0.1) is 11.3 Å². The van der Waals surface area contributed by atoms with E-state index in [1.54, 1.807) is 0 Å². The second-order valence-corrected chi connectivity index (χ2v) is 4.58. The average Bonchev–Trinajstić information content (AvgIpc) is 2.79. The van der Waals surface area contributed by atoms with Crippen LogP contribution in [0.5, 0.6) is 0 Å². The molecule has 0 radical (unpaired) electrons. The minimum Gasteiger partial charge on any atom is -0.478 e. The average molecular weight is 316 g/mol. The molecule has 2 N–H and O–H groups in total. The molecule has 0 fully saturated rings. The predicted octanol–water partition coefficient (Wildman–Crippen LogP) is 1.50. The third-order valence-electron chi connectivity index (χ3n) is 2.26. The lowest BCUT2D eigenvalue weighted by molar-refractivity contribution is 0.0511. The summed E-state index contributed by atoms with van der Waals surface area (Å²) < 4.78 is 9.34. The van der Waals surface area contributed by atoms with Crippen LogP contribution in [0.2, 0.25) is 0 Å². The molecule has 0 bridgehead atoms. The molecule has 1 heterocycles. The van der Waals surface area contributed by atoms with Crippen LogP contribution in [-0.2, 0) is 9.47 Å². The van der Waals surface area contributed by atoms with Crippen molar-refractivity contribution in [1.82, 2.24) is 0 Å². The van der Waals surface area contributed by atoms with Gasteiger partial charge in [0.1, 0.15) is 20.9 Å². The van der Waals surface area contributed by atoms with Crippen molar-refractivity contribution in [2.24, 2.45) is 0 Å². The molecular weight excluding hydrogens is 304 g/mol. The highest BCUT2D eigenvalue weighted by Crippen LogP contribution is 2.30. The van der Waals surface area contributed by atoms with E-state index in [-0.39, 0.29) is 13.2 Å². The molecule has 1 aromatic heterocycles. The van der Waals surface area contributed by atoms with Crippen molar-refractivity contribution >= 4 is 35.2 Å². The Morgan fingerprint density at radius 3 is 1.43 bits per heavy atom. The van der Waals surface area contributed by atoms with Gasteiger partial charge in [0.2, 0.25) is 0 Å². The maximum absolute atomic E-state index is 11.7. The Balaban J connectivity index is 3.55. The van der Waals surface area contributed by atoms with Gasteiger partial charge < -0.3 is 19.7 Å². The Hall–Kier alpha value is -2.42.